The van der Waals surface area contributed by atoms with Crippen LogP contribution in [0.5, 0.6) is 0 Å². The van der Waals surface area contributed by atoms with Gasteiger partial charge in [0.25, 0.3) is 5.91 Å². The van der Waals surface area contributed by atoms with Crippen LogP contribution < -0.4 is 0 Å². The Hall–Kier alpha value is -2.51. The third kappa shape index (κ3) is 3.50. The maximum atomic E-state index is 13.2. The fraction of sp³-hybridized carbons (Fsp3) is 0.333. The van der Waals surface area contributed by atoms with Crippen LogP contribution in [0.3, 0.4) is 0 Å². The molecule has 1 amide bonds. The van der Waals surface area contributed by atoms with Crippen LogP contribution in [-0.2, 0) is 4.79 Å². The lowest BCUT2D eigenvalue weighted by atomic mass is 10.1. The minimum Gasteiger partial charge on any atom is -0.480 e. The lowest BCUT2D eigenvalue weighted by molar-refractivity contribution is -0.387. The third-order valence-corrected chi connectivity index (χ3v) is 2.58. The van der Waals surface area contributed by atoms with Gasteiger partial charge in [0.2, 0.25) is 5.82 Å². The normalized spacial score (nSPS) is 10.4. The lowest BCUT2D eigenvalue weighted by Crippen LogP contribution is -2.40. The van der Waals surface area contributed by atoms with E-state index in [-0.39, 0.29) is 5.56 Å². The van der Waals surface area contributed by atoms with E-state index in [2.05, 4.69) is 0 Å². The zero-order valence-electron chi connectivity index (χ0n) is 10.9. The van der Waals surface area contributed by atoms with Gasteiger partial charge < -0.3 is 10.0 Å². The van der Waals surface area contributed by atoms with E-state index in [0.29, 0.717) is 0 Å². The number of halogens is 1. The topological polar surface area (TPSA) is 101 Å². The number of benzene rings is 1. The molecule has 0 aliphatic heterocycles. The molecule has 0 saturated heterocycles. The van der Waals surface area contributed by atoms with E-state index in [9.17, 15) is 24.1 Å². The van der Waals surface area contributed by atoms with Crippen LogP contribution in [0.15, 0.2) is 18.2 Å². The van der Waals surface area contributed by atoms with Crippen LogP contribution in [0.2, 0.25) is 0 Å². The molecule has 0 aliphatic rings. The molecule has 0 fully saturated rings. The smallest absolute Gasteiger partial charge is 0.323 e. The number of hydrogen-bond donors (Lipinski definition) is 1. The van der Waals surface area contributed by atoms with E-state index < -0.39 is 40.9 Å². The Morgan fingerprint density at radius 1 is 1.45 bits per heavy atom. The van der Waals surface area contributed by atoms with Crippen molar-refractivity contribution < 1.29 is 24.0 Å². The molecule has 0 saturated carbocycles. The molecule has 20 heavy (non-hydrogen) atoms. The summed E-state index contributed by atoms with van der Waals surface area (Å²) in [6, 6.07) is 2.28. The van der Waals surface area contributed by atoms with Gasteiger partial charge in [-0.3, -0.25) is 19.7 Å². The molecule has 0 radical (unpaired) electrons. The zero-order valence-corrected chi connectivity index (χ0v) is 10.9. The highest BCUT2D eigenvalue weighted by atomic mass is 19.1. The number of carboxylic acids is 1. The van der Waals surface area contributed by atoms with Gasteiger partial charge in [0.15, 0.2) is 0 Å². The minimum atomic E-state index is -1.20. The molecule has 1 rings (SSSR count). The van der Waals surface area contributed by atoms with Gasteiger partial charge in [0, 0.05) is 17.7 Å². The highest BCUT2D eigenvalue weighted by molar-refractivity contribution is 5.96. The van der Waals surface area contributed by atoms with E-state index in [1.54, 1.807) is 13.8 Å². The molecule has 7 nitrogen and oxygen atoms in total. The summed E-state index contributed by atoms with van der Waals surface area (Å²) in [5.41, 5.74) is -0.956. The molecule has 0 atom stereocenters. The highest BCUT2D eigenvalue weighted by Crippen LogP contribution is 2.20. The fourth-order valence-electron chi connectivity index (χ4n) is 1.59. The van der Waals surface area contributed by atoms with E-state index in [1.807, 2.05) is 0 Å². The Labute approximate surface area is 113 Å². The van der Waals surface area contributed by atoms with Gasteiger partial charge in [-0.25, -0.2) is 0 Å². The van der Waals surface area contributed by atoms with Crippen LogP contribution in [0.4, 0.5) is 10.1 Å². The van der Waals surface area contributed by atoms with Gasteiger partial charge >= 0.3 is 11.7 Å². The van der Waals surface area contributed by atoms with E-state index in [4.69, 9.17) is 5.11 Å². The summed E-state index contributed by atoms with van der Waals surface area (Å²) in [5, 5.41) is 19.4. The second-order valence-electron chi connectivity index (χ2n) is 4.34. The van der Waals surface area contributed by atoms with Gasteiger partial charge in [-0.05, 0) is 26.0 Å². The van der Waals surface area contributed by atoms with Crippen molar-refractivity contribution in [2.75, 3.05) is 6.54 Å². The van der Waals surface area contributed by atoms with Gasteiger partial charge in [0.05, 0.1) is 4.92 Å². The SMILES string of the molecule is CC(C)N(CC(=O)O)C(=O)c1ccc(F)c([N+](=O)[O-])c1. The summed E-state index contributed by atoms with van der Waals surface area (Å²) < 4.78 is 13.2. The number of carbonyl (C=O) groups excluding carboxylic acids is 1. The molecule has 8 heteroatoms. The zero-order chi connectivity index (χ0) is 15.4. The summed E-state index contributed by atoms with van der Waals surface area (Å²) in [4.78, 5) is 33.6. The molecule has 0 aliphatic carbocycles. The van der Waals surface area contributed by atoms with Crippen LogP contribution in [-0.4, -0.2) is 39.4 Å². The van der Waals surface area contributed by atoms with E-state index in [1.165, 1.54) is 0 Å². The number of hydrogen-bond acceptors (Lipinski definition) is 4. The van der Waals surface area contributed by atoms with Crippen molar-refractivity contribution in [1.29, 1.82) is 0 Å². The van der Waals surface area contributed by atoms with Gasteiger partial charge in [-0.15, -0.1) is 0 Å². The monoisotopic (exact) mass is 284 g/mol. The molecular weight excluding hydrogens is 271 g/mol. The fourth-order valence-corrected chi connectivity index (χ4v) is 1.59. The molecular formula is C12H13FN2O5. The first kappa shape index (κ1) is 15.5. The highest BCUT2D eigenvalue weighted by Gasteiger charge is 2.24. The largest absolute Gasteiger partial charge is 0.480 e. The second-order valence-corrected chi connectivity index (χ2v) is 4.34. The third-order valence-electron chi connectivity index (χ3n) is 2.58. The van der Waals surface area contributed by atoms with Crippen molar-refractivity contribution in [2.45, 2.75) is 19.9 Å². The Bertz CT molecular complexity index is 559. The number of aliphatic carboxylic acids is 1. The number of carboxylic acid groups (broad SMARTS) is 1. The molecule has 0 aromatic heterocycles. The Morgan fingerprint density at radius 2 is 2.05 bits per heavy atom. The number of carbonyl (C=O) groups is 2. The molecule has 108 valence electrons. The molecule has 1 N–H and O–H groups in total. The summed E-state index contributed by atoms with van der Waals surface area (Å²) in [5.74, 6) is -2.96. The number of nitro groups is 1. The van der Waals surface area contributed by atoms with Crippen molar-refractivity contribution in [3.05, 3.63) is 39.7 Å². The van der Waals surface area contributed by atoms with Gasteiger partial charge in [0.1, 0.15) is 6.54 Å². The molecule has 0 spiro atoms. The predicted octanol–water partition coefficient (Wildman–Crippen LogP) is 1.67. The average Bonchev–Trinajstić information content (AvgIpc) is 2.34. The number of rotatable bonds is 5. The van der Waals surface area contributed by atoms with Crippen molar-refractivity contribution in [3.63, 3.8) is 0 Å². The summed E-state index contributed by atoms with van der Waals surface area (Å²) in [6.07, 6.45) is 0. The quantitative estimate of drug-likeness (QED) is 0.654. The molecule has 0 heterocycles. The summed E-state index contributed by atoms with van der Waals surface area (Å²) >= 11 is 0. The number of amides is 1. The number of nitrogens with zero attached hydrogens (tertiary/aromatic N) is 2. The van der Waals surface area contributed by atoms with Crippen LogP contribution >= 0.6 is 0 Å². The Morgan fingerprint density at radius 3 is 2.50 bits per heavy atom. The molecule has 1 aromatic rings. The second kappa shape index (κ2) is 6.09. The molecule has 0 bridgehead atoms. The standard InChI is InChI=1S/C12H13FN2O5/c1-7(2)14(6-11(16)17)12(18)8-3-4-9(13)10(5-8)15(19)20/h3-5,7H,6H2,1-2H3,(H,16,17). The average molecular weight is 284 g/mol. The maximum Gasteiger partial charge on any atom is 0.323 e. The Balaban J connectivity index is 3.15. The molecule has 0 unspecified atom stereocenters. The number of nitro benzene ring substituents is 1. The van der Waals surface area contributed by atoms with Crippen molar-refractivity contribution in [2.24, 2.45) is 0 Å². The Kier molecular flexibility index (Phi) is 4.73. The minimum absolute atomic E-state index is 0.131. The van der Waals surface area contributed by atoms with Gasteiger partial charge in [-0.1, -0.05) is 0 Å². The van der Waals surface area contributed by atoms with E-state index >= 15 is 0 Å². The first-order valence-corrected chi connectivity index (χ1v) is 5.70. The lowest BCUT2D eigenvalue weighted by Gasteiger charge is -2.24. The van der Waals surface area contributed by atoms with Crippen LogP contribution in [0.1, 0.15) is 24.2 Å². The molecule has 1 aromatic carbocycles. The first-order valence-electron chi connectivity index (χ1n) is 5.70. The van der Waals surface area contributed by atoms with Crippen molar-refractivity contribution >= 4 is 17.6 Å². The van der Waals surface area contributed by atoms with Crippen molar-refractivity contribution in [3.8, 4) is 0 Å². The van der Waals surface area contributed by atoms with Crippen LogP contribution in [0.25, 0.3) is 0 Å². The first-order chi connectivity index (χ1) is 9.23. The van der Waals surface area contributed by atoms with E-state index in [0.717, 1.165) is 23.1 Å². The maximum absolute atomic E-state index is 13.2. The predicted molar refractivity (Wildman–Crippen MR) is 66.9 cm³/mol. The summed E-state index contributed by atoms with van der Waals surface area (Å²) in [6.45, 7) is 2.68. The van der Waals surface area contributed by atoms with Crippen molar-refractivity contribution in [1.82, 2.24) is 4.90 Å². The summed E-state index contributed by atoms with van der Waals surface area (Å²) in [7, 11) is 0. The van der Waals surface area contributed by atoms with Crippen LogP contribution in [0, 0.1) is 15.9 Å². The van der Waals surface area contributed by atoms with Gasteiger partial charge in [-0.2, -0.15) is 4.39 Å².